The Morgan fingerprint density at radius 1 is 1.43 bits per heavy atom. The molecule has 23 heavy (non-hydrogen) atoms. The number of hydrogen-bond acceptors (Lipinski definition) is 3. The molecule has 1 atom stereocenters. The number of nitrogens with one attached hydrogen (secondary N) is 1. The molecule has 5 nitrogen and oxygen atoms in total. The Hall–Kier alpha value is -2.04. The van der Waals surface area contributed by atoms with E-state index in [1.165, 1.54) is 11.1 Å². The topological polar surface area (TPSA) is 58.2 Å². The lowest BCUT2D eigenvalue weighted by Crippen LogP contribution is -2.42. The lowest BCUT2D eigenvalue weighted by Gasteiger charge is -2.34. The van der Waals surface area contributed by atoms with Crippen molar-refractivity contribution in [3.8, 4) is 0 Å². The van der Waals surface area contributed by atoms with Gasteiger partial charge in [0.15, 0.2) is 0 Å². The molecule has 3 heterocycles. The molecule has 1 saturated heterocycles. The minimum atomic E-state index is -0.452. The molecule has 124 valence electrons. The quantitative estimate of drug-likeness (QED) is 0.865. The van der Waals surface area contributed by atoms with E-state index in [1.807, 2.05) is 38.1 Å². The molecule has 1 N–H and O–H groups in total. The predicted molar refractivity (Wildman–Crippen MR) is 90.6 cm³/mol. The number of amides is 1. The van der Waals surface area contributed by atoms with Crippen LogP contribution in [0.4, 0.5) is 4.79 Å². The summed E-state index contributed by atoms with van der Waals surface area (Å²) in [5.74, 6) is 0.322. The second-order valence-electron chi connectivity index (χ2n) is 7.40. The molecule has 0 radical (unpaired) electrons. The Morgan fingerprint density at radius 2 is 2.22 bits per heavy atom. The largest absolute Gasteiger partial charge is 0.444 e. The summed E-state index contributed by atoms with van der Waals surface area (Å²) in [4.78, 5) is 21.8. The number of piperidine rings is 1. The normalized spacial score (nSPS) is 19.1. The van der Waals surface area contributed by atoms with Crippen molar-refractivity contribution in [1.82, 2.24) is 14.9 Å². The molecular weight excluding hydrogens is 290 g/mol. The van der Waals surface area contributed by atoms with E-state index in [1.54, 1.807) is 0 Å². The van der Waals surface area contributed by atoms with Crippen molar-refractivity contribution in [3.05, 3.63) is 29.6 Å². The summed E-state index contributed by atoms with van der Waals surface area (Å²) in [5.41, 5.74) is 2.88. The van der Waals surface area contributed by atoms with E-state index in [4.69, 9.17) is 4.74 Å². The second-order valence-corrected chi connectivity index (χ2v) is 7.40. The third-order valence-electron chi connectivity index (χ3n) is 4.30. The summed E-state index contributed by atoms with van der Waals surface area (Å²) in [6.45, 7) is 9.25. The van der Waals surface area contributed by atoms with Gasteiger partial charge in [0.1, 0.15) is 11.2 Å². The van der Waals surface area contributed by atoms with E-state index < -0.39 is 5.60 Å². The lowest BCUT2D eigenvalue weighted by molar-refractivity contribution is 0.0198. The van der Waals surface area contributed by atoms with Gasteiger partial charge in [-0.3, -0.25) is 0 Å². The fourth-order valence-corrected chi connectivity index (χ4v) is 3.12. The van der Waals surface area contributed by atoms with Crippen molar-refractivity contribution in [2.24, 2.45) is 0 Å². The standard InChI is InChI=1S/C18H25N3O2/c1-12-9-19-16-15(12)8-14(10-20-16)13-6-5-7-21(11-13)17(22)23-18(2,3)4/h8-10,13H,5-7,11H2,1-4H3,(H,19,20). The highest BCUT2D eigenvalue weighted by Crippen LogP contribution is 2.29. The molecule has 0 spiro atoms. The van der Waals surface area contributed by atoms with Gasteiger partial charge in [-0.2, -0.15) is 0 Å². The molecule has 1 aliphatic heterocycles. The van der Waals surface area contributed by atoms with Crippen molar-refractivity contribution in [1.29, 1.82) is 0 Å². The van der Waals surface area contributed by atoms with Gasteiger partial charge in [-0.05, 0) is 57.7 Å². The maximum absolute atomic E-state index is 12.3. The minimum Gasteiger partial charge on any atom is -0.444 e. The summed E-state index contributed by atoms with van der Waals surface area (Å²) in [6.07, 6.45) is 5.77. The summed E-state index contributed by atoms with van der Waals surface area (Å²) in [5, 5.41) is 1.16. The van der Waals surface area contributed by atoms with E-state index in [9.17, 15) is 4.79 Å². The maximum Gasteiger partial charge on any atom is 0.410 e. The zero-order valence-electron chi connectivity index (χ0n) is 14.3. The molecule has 1 unspecified atom stereocenters. The Morgan fingerprint density at radius 3 is 2.96 bits per heavy atom. The fourth-order valence-electron chi connectivity index (χ4n) is 3.12. The van der Waals surface area contributed by atoms with E-state index >= 15 is 0 Å². The van der Waals surface area contributed by atoms with Crippen LogP contribution in [0.3, 0.4) is 0 Å². The van der Waals surface area contributed by atoms with Crippen molar-refractivity contribution in [2.45, 2.75) is 52.1 Å². The third kappa shape index (κ3) is 3.49. The van der Waals surface area contributed by atoms with Crippen molar-refractivity contribution in [2.75, 3.05) is 13.1 Å². The van der Waals surface area contributed by atoms with Crippen LogP contribution < -0.4 is 0 Å². The lowest BCUT2D eigenvalue weighted by atomic mass is 9.91. The molecule has 2 aromatic heterocycles. The number of aryl methyl sites for hydroxylation is 1. The molecule has 1 amide bonds. The second kappa shape index (κ2) is 5.87. The van der Waals surface area contributed by atoms with Gasteiger partial charge in [-0.25, -0.2) is 9.78 Å². The van der Waals surface area contributed by atoms with Gasteiger partial charge in [0.25, 0.3) is 0 Å². The maximum atomic E-state index is 12.3. The fraction of sp³-hybridized carbons (Fsp3) is 0.556. The molecule has 0 saturated carbocycles. The predicted octanol–water partition coefficient (Wildman–Crippen LogP) is 3.99. The SMILES string of the molecule is Cc1c[nH]c2ncc(C3CCCN(C(=O)OC(C)(C)C)C3)cc12. The molecule has 5 heteroatoms. The van der Waals surface area contributed by atoms with Gasteiger partial charge in [-0.15, -0.1) is 0 Å². The van der Waals surface area contributed by atoms with Crippen LogP contribution in [0.1, 0.15) is 50.7 Å². The van der Waals surface area contributed by atoms with Crippen LogP contribution in [0, 0.1) is 6.92 Å². The number of nitrogens with zero attached hydrogens (tertiary/aromatic N) is 2. The highest BCUT2D eigenvalue weighted by Gasteiger charge is 2.28. The number of fused-ring (bicyclic) bond motifs is 1. The average Bonchev–Trinajstić information content (AvgIpc) is 2.87. The number of H-pyrrole nitrogens is 1. The average molecular weight is 315 g/mol. The monoisotopic (exact) mass is 315 g/mol. The number of carbonyl (C=O) groups is 1. The number of ether oxygens (including phenoxy) is 1. The highest BCUT2D eigenvalue weighted by atomic mass is 16.6. The minimum absolute atomic E-state index is 0.214. The number of hydrogen-bond donors (Lipinski definition) is 1. The number of aromatic amines is 1. The summed E-state index contributed by atoms with van der Waals surface area (Å²) in [6, 6.07) is 2.21. The molecular formula is C18H25N3O2. The highest BCUT2D eigenvalue weighted by molar-refractivity contribution is 5.80. The van der Waals surface area contributed by atoms with Crippen molar-refractivity contribution < 1.29 is 9.53 Å². The molecule has 0 bridgehead atoms. The molecule has 3 rings (SSSR count). The summed E-state index contributed by atoms with van der Waals surface area (Å²) >= 11 is 0. The number of aromatic nitrogens is 2. The smallest absolute Gasteiger partial charge is 0.410 e. The first-order chi connectivity index (χ1) is 10.8. The number of carbonyl (C=O) groups excluding carboxylic acids is 1. The Balaban J connectivity index is 1.77. The van der Waals surface area contributed by atoms with Gasteiger partial charge >= 0.3 is 6.09 Å². The first kappa shape index (κ1) is 15.8. The van der Waals surface area contributed by atoms with Crippen LogP contribution in [0.25, 0.3) is 11.0 Å². The van der Waals surface area contributed by atoms with E-state index in [2.05, 4.69) is 23.0 Å². The zero-order valence-corrected chi connectivity index (χ0v) is 14.3. The van der Waals surface area contributed by atoms with Crippen LogP contribution >= 0.6 is 0 Å². The first-order valence-corrected chi connectivity index (χ1v) is 8.25. The number of rotatable bonds is 1. The van der Waals surface area contributed by atoms with Gasteiger partial charge in [-0.1, -0.05) is 0 Å². The molecule has 1 fully saturated rings. The molecule has 2 aromatic rings. The van der Waals surface area contributed by atoms with Gasteiger partial charge < -0.3 is 14.6 Å². The Bertz CT molecular complexity index is 715. The number of pyridine rings is 1. The van der Waals surface area contributed by atoms with Crippen LogP contribution in [0.15, 0.2) is 18.5 Å². The molecule has 1 aliphatic rings. The van der Waals surface area contributed by atoms with E-state index in [0.717, 1.165) is 30.4 Å². The molecule has 0 aliphatic carbocycles. The zero-order chi connectivity index (χ0) is 16.6. The van der Waals surface area contributed by atoms with Crippen molar-refractivity contribution >= 4 is 17.1 Å². The van der Waals surface area contributed by atoms with E-state index in [0.29, 0.717) is 12.5 Å². The number of likely N-dealkylation sites (tertiary alicyclic amines) is 1. The van der Waals surface area contributed by atoms with Crippen LogP contribution in [-0.4, -0.2) is 39.7 Å². The van der Waals surface area contributed by atoms with Crippen LogP contribution in [0.2, 0.25) is 0 Å². The summed E-state index contributed by atoms with van der Waals surface area (Å²) in [7, 11) is 0. The van der Waals surface area contributed by atoms with Gasteiger partial charge in [0.2, 0.25) is 0 Å². The Kier molecular flexibility index (Phi) is 4.04. The van der Waals surface area contributed by atoms with Gasteiger partial charge in [0, 0.05) is 36.8 Å². The third-order valence-corrected chi connectivity index (χ3v) is 4.30. The molecule has 0 aromatic carbocycles. The van der Waals surface area contributed by atoms with Crippen molar-refractivity contribution in [3.63, 3.8) is 0 Å². The van der Waals surface area contributed by atoms with Crippen LogP contribution in [-0.2, 0) is 4.74 Å². The first-order valence-electron chi connectivity index (χ1n) is 8.25. The Labute approximate surface area is 137 Å². The summed E-state index contributed by atoms with van der Waals surface area (Å²) < 4.78 is 5.50. The van der Waals surface area contributed by atoms with Gasteiger partial charge in [0.05, 0.1) is 0 Å². The van der Waals surface area contributed by atoms with Crippen LogP contribution in [0.5, 0.6) is 0 Å². The van der Waals surface area contributed by atoms with E-state index in [-0.39, 0.29) is 6.09 Å².